The van der Waals surface area contributed by atoms with Crippen LogP contribution in [0.3, 0.4) is 0 Å². The summed E-state index contributed by atoms with van der Waals surface area (Å²) >= 11 is 3.69. The summed E-state index contributed by atoms with van der Waals surface area (Å²) in [7, 11) is 0. The molecule has 1 aromatic heterocycles. The summed E-state index contributed by atoms with van der Waals surface area (Å²) in [6.45, 7) is 4.62. The SMILES string of the molecule is Cc1cc(=O)n(CC2(CBr)CCCCCC2)c(C)n1. The molecule has 0 bridgehead atoms. The van der Waals surface area contributed by atoms with Crippen LogP contribution in [0.25, 0.3) is 0 Å². The molecule has 1 fully saturated rings. The van der Waals surface area contributed by atoms with E-state index in [9.17, 15) is 4.79 Å². The van der Waals surface area contributed by atoms with Gasteiger partial charge in [-0.2, -0.15) is 0 Å². The van der Waals surface area contributed by atoms with E-state index >= 15 is 0 Å². The number of aryl methyl sites for hydroxylation is 2. The summed E-state index contributed by atoms with van der Waals surface area (Å²) < 4.78 is 1.86. The molecule has 0 radical (unpaired) electrons. The molecule has 0 aromatic carbocycles. The highest BCUT2D eigenvalue weighted by atomic mass is 79.9. The molecule has 4 heteroatoms. The number of aromatic nitrogens is 2. The van der Waals surface area contributed by atoms with Crippen LogP contribution in [0, 0.1) is 19.3 Å². The van der Waals surface area contributed by atoms with E-state index in [4.69, 9.17) is 0 Å². The maximum Gasteiger partial charge on any atom is 0.253 e. The molecular weight excluding hydrogens is 304 g/mol. The van der Waals surface area contributed by atoms with Crippen LogP contribution < -0.4 is 5.56 Å². The Bertz CT molecular complexity index is 487. The van der Waals surface area contributed by atoms with Crippen LogP contribution in [0.15, 0.2) is 10.9 Å². The molecule has 3 nitrogen and oxygen atoms in total. The standard InChI is InChI=1S/C15H23BrN2O/c1-12-9-14(19)18(13(2)17-12)11-15(10-16)7-5-3-4-6-8-15/h9H,3-8,10-11H2,1-2H3. The van der Waals surface area contributed by atoms with Crippen molar-refractivity contribution in [2.45, 2.75) is 58.9 Å². The molecule has 0 spiro atoms. The zero-order chi connectivity index (χ0) is 13.9. The second-order valence-corrected chi connectivity index (χ2v) is 6.48. The van der Waals surface area contributed by atoms with Crippen LogP contribution in [-0.2, 0) is 6.54 Å². The third-order valence-electron chi connectivity index (χ3n) is 4.27. The van der Waals surface area contributed by atoms with Gasteiger partial charge in [-0.05, 0) is 32.1 Å². The number of alkyl halides is 1. The Kier molecular flexibility index (Phi) is 4.82. The summed E-state index contributed by atoms with van der Waals surface area (Å²) in [5.41, 5.74) is 1.13. The number of hydrogen-bond acceptors (Lipinski definition) is 2. The summed E-state index contributed by atoms with van der Waals surface area (Å²) in [6.07, 6.45) is 7.62. The molecule has 2 rings (SSSR count). The lowest BCUT2D eigenvalue weighted by Gasteiger charge is -2.32. The van der Waals surface area contributed by atoms with Crippen LogP contribution in [0.5, 0.6) is 0 Å². The summed E-state index contributed by atoms with van der Waals surface area (Å²) in [6, 6.07) is 1.64. The Morgan fingerprint density at radius 1 is 1.26 bits per heavy atom. The van der Waals surface area contributed by atoms with Crippen LogP contribution in [-0.4, -0.2) is 14.9 Å². The van der Waals surface area contributed by atoms with Gasteiger partial charge in [-0.15, -0.1) is 0 Å². The highest BCUT2D eigenvalue weighted by Crippen LogP contribution is 2.38. The predicted molar refractivity (Wildman–Crippen MR) is 81.9 cm³/mol. The van der Waals surface area contributed by atoms with Crippen LogP contribution in [0.4, 0.5) is 0 Å². The van der Waals surface area contributed by atoms with Gasteiger partial charge in [0.15, 0.2) is 0 Å². The fraction of sp³-hybridized carbons (Fsp3) is 0.733. The number of nitrogens with zero attached hydrogens (tertiary/aromatic N) is 2. The van der Waals surface area contributed by atoms with Crippen molar-refractivity contribution in [3.05, 3.63) is 27.9 Å². The molecule has 0 N–H and O–H groups in total. The van der Waals surface area contributed by atoms with Crippen molar-refractivity contribution in [1.82, 2.24) is 9.55 Å². The summed E-state index contributed by atoms with van der Waals surface area (Å²) in [5, 5.41) is 0.972. The van der Waals surface area contributed by atoms with E-state index in [0.29, 0.717) is 0 Å². The Morgan fingerprint density at radius 2 is 1.89 bits per heavy atom. The van der Waals surface area contributed by atoms with E-state index in [1.54, 1.807) is 6.07 Å². The smallest absolute Gasteiger partial charge is 0.253 e. The quantitative estimate of drug-likeness (QED) is 0.628. The monoisotopic (exact) mass is 326 g/mol. The maximum atomic E-state index is 12.2. The second-order valence-electron chi connectivity index (χ2n) is 5.92. The van der Waals surface area contributed by atoms with Gasteiger partial charge in [0.2, 0.25) is 0 Å². The fourth-order valence-electron chi connectivity index (χ4n) is 3.10. The van der Waals surface area contributed by atoms with E-state index in [-0.39, 0.29) is 11.0 Å². The minimum atomic E-state index is 0.0922. The van der Waals surface area contributed by atoms with Crippen LogP contribution in [0.2, 0.25) is 0 Å². The molecule has 19 heavy (non-hydrogen) atoms. The highest BCUT2D eigenvalue weighted by Gasteiger charge is 2.31. The van der Waals surface area contributed by atoms with Gasteiger partial charge in [0.05, 0.1) is 0 Å². The lowest BCUT2D eigenvalue weighted by Crippen LogP contribution is -2.35. The Morgan fingerprint density at radius 3 is 2.42 bits per heavy atom. The molecule has 0 atom stereocenters. The van der Waals surface area contributed by atoms with Gasteiger partial charge in [-0.25, -0.2) is 4.98 Å². The number of rotatable bonds is 3. The molecular formula is C15H23BrN2O. The molecule has 0 aliphatic heterocycles. The summed E-state index contributed by atoms with van der Waals surface area (Å²) in [4.78, 5) is 16.6. The Hall–Kier alpha value is -0.640. The molecule has 1 aliphatic carbocycles. The van der Waals surface area contributed by atoms with Gasteiger partial charge in [0.25, 0.3) is 5.56 Å². The molecule has 1 aromatic rings. The maximum absolute atomic E-state index is 12.2. The first-order valence-corrected chi connectivity index (χ1v) is 8.30. The topological polar surface area (TPSA) is 34.9 Å². The number of hydrogen-bond donors (Lipinski definition) is 0. The lowest BCUT2D eigenvalue weighted by atomic mass is 9.82. The normalized spacial score (nSPS) is 19.1. The van der Waals surface area contributed by atoms with E-state index in [1.807, 2.05) is 18.4 Å². The Labute approximate surface area is 123 Å². The minimum absolute atomic E-state index is 0.0922. The van der Waals surface area contributed by atoms with Gasteiger partial charge < -0.3 is 0 Å². The van der Waals surface area contributed by atoms with Crippen molar-refractivity contribution < 1.29 is 0 Å². The van der Waals surface area contributed by atoms with E-state index in [1.165, 1.54) is 38.5 Å². The minimum Gasteiger partial charge on any atom is -0.296 e. The van der Waals surface area contributed by atoms with Crippen LogP contribution >= 0.6 is 15.9 Å². The molecule has 0 saturated heterocycles. The average molecular weight is 327 g/mol. The van der Waals surface area contributed by atoms with Gasteiger partial charge in [-0.3, -0.25) is 9.36 Å². The van der Waals surface area contributed by atoms with E-state index in [2.05, 4.69) is 20.9 Å². The molecule has 1 saturated carbocycles. The van der Waals surface area contributed by atoms with Crippen molar-refractivity contribution in [2.75, 3.05) is 5.33 Å². The Balaban J connectivity index is 2.29. The predicted octanol–water partition coefficient (Wildman–Crippen LogP) is 3.60. The molecule has 0 amide bonds. The third kappa shape index (κ3) is 3.47. The molecule has 106 valence electrons. The second kappa shape index (κ2) is 6.21. The van der Waals surface area contributed by atoms with E-state index < -0.39 is 0 Å². The zero-order valence-electron chi connectivity index (χ0n) is 11.9. The average Bonchev–Trinajstić information content (AvgIpc) is 2.60. The molecule has 1 heterocycles. The first-order valence-electron chi connectivity index (χ1n) is 7.17. The summed E-state index contributed by atoms with van der Waals surface area (Å²) in [5.74, 6) is 0.842. The van der Waals surface area contributed by atoms with Crippen molar-refractivity contribution in [3.8, 4) is 0 Å². The largest absolute Gasteiger partial charge is 0.296 e. The van der Waals surface area contributed by atoms with Crippen LogP contribution in [0.1, 0.15) is 50.0 Å². The van der Waals surface area contributed by atoms with Gasteiger partial charge >= 0.3 is 0 Å². The van der Waals surface area contributed by atoms with Gasteiger partial charge in [0.1, 0.15) is 5.82 Å². The van der Waals surface area contributed by atoms with E-state index in [0.717, 1.165) is 23.4 Å². The highest BCUT2D eigenvalue weighted by molar-refractivity contribution is 9.09. The number of halogens is 1. The third-order valence-corrected chi connectivity index (χ3v) is 5.46. The van der Waals surface area contributed by atoms with Crippen molar-refractivity contribution >= 4 is 15.9 Å². The van der Waals surface area contributed by atoms with Crippen molar-refractivity contribution in [3.63, 3.8) is 0 Å². The lowest BCUT2D eigenvalue weighted by molar-refractivity contribution is 0.236. The first-order chi connectivity index (χ1) is 9.06. The van der Waals surface area contributed by atoms with Gasteiger partial charge in [-0.1, -0.05) is 41.6 Å². The van der Waals surface area contributed by atoms with Crippen molar-refractivity contribution in [1.29, 1.82) is 0 Å². The van der Waals surface area contributed by atoms with Gasteiger partial charge in [0, 0.05) is 23.6 Å². The first kappa shape index (κ1) is 14.8. The molecule has 1 aliphatic rings. The fourth-order valence-corrected chi connectivity index (χ4v) is 3.84. The molecule has 0 unspecified atom stereocenters. The van der Waals surface area contributed by atoms with Crippen molar-refractivity contribution in [2.24, 2.45) is 5.41 Å². The zero-order valence-corrected chi connectivity index (χ0v) is 13.5.